The van der Waals surface area contributed by atoms with Gasteiger partial charge in [0.05, 0.1) is 0 Å². The van der Waals surface area contributed by atoms with Gasteiger partial charge in [0.1, 0.15) is 0 Å². The summed E-state index contributed by atoms with van der Waals surface area (Å²) in [6.45, 7) is 7.18. The Bertz CT molecular complexity index is 1040. The van der Waals surface area contributed by atoms with Gasteiger partial charge in [0.25, 0.3) is 0 Å². The van der Waals surface area contributed by atoms with E-state index in [1.807, 2.05) is 24.3 Å². The van der Waals surface area contributed by atoms with Gasteiger partial charge in [0, 0.05) is 49.1 Å². The fraction of sp³-hybridized carbons (Fsp3) is 0.423. The van der Waals surface area contributed by atoms with Crippen LogP contribution in [0, 0.1) is 0 Å². The van der Waals surface area contributed by atoms with Gasteiger partial charge in [0.2, 0.25) is 17.6 Å². The van der Waals surface area contributed by atoms with Crippen molar-refractivity contribution < 1.29 is 9.32 Å². The summed E-state index contributed by atoms with van der Waals surface area (Å²) in [6, 6.07) is 16.4. The second kappa shape index (κ2) is 10.9. The molecule has 1 amide bonds. The van der Waals surface area contributed by atoms with Crippen molar-refractivity contribution in [3.05, 3.63) is 70.6 Å². The van der Waals surface area contributed by atoms with E-state index < -0.39 is 0 Å². The molecule has 2 aromatic carbocycles. The molecule has 2 heterocycles. The molecule has 1 aliphatic heterocycles. The minimum atomic E-state index is 0.0344. The predicted molar refractivity (Wildman–Crippen MR) is 130 cm³/mol. The summed E-state index contributed by atoms with van der Waals surface area (Å²) in [5, 5.41) is 8.00. The molecule has 7 heteroatoms. The lowest BCUT2D eigenvalue weighted by Gasteiger charge is -2.32. The molecule has 1 aromatic heterocycles. The van der Waals surface area contributed by atoms with Crippen molar-refractivity contribution in [2.75, 3.05) is 13.1 Å². The molecule has 1 aliphatic rings. The van der Waals surface area contributed by atoms with Crippen LogP contribution in [0.2, 0.25) is 5.02 Å². The highest BCUT2D eigenvalue weighted by Gasteiger charge is 2.21. The zero-order valence-corrected chi connectivity index (χ0v) is 20.0. The van der Waals surface area contributed by atoms with E-state index in [1.54, 1.807) is 0 Å². The number of benzene rings is 2. The van der Waals surface area contributed by atoms with Crippen LogP contribution in [0.4, 0.5) is 0 Å². The number of hydrogen-bond acceptors (Lipinski definition) is 5. The lowest BCUT2D eigenvalue weighted by Crippen LogP contribution is -2.44. The lowest BCUT2D eigenvalue weighted by atomic mass is 10.0. The highest BCUT2D eigenvalue weighted by molar-refractivity contribution is 6.30. The number of halogens is 1. The van der Waals surface area contributed by atoms with Crippen molar-refractivity contribution in [1.82, 2.24) is 20.4 Å². The average Bonchev–Trinajstić information content (AvgIpc) is 3.30. The van der Waals surface area contributed by atoms with Gasteiger partial charge in [-0.25, -0.2) is 0 Å². The summed E-state index contributed by atoms with van der Waals surface area (Å²) in [5.41, 5.74) is 3.45. The smallest absolute Gasteiger partial charge is 0.227 e. The fourth-order valence-electron chi connectivity index (χ4n) is 4.09. The maximum atomic E-state index is 12.4. The number of aromatic nitrogens is 2. The molecule has 0 bridgehead atoms. The Hall–Kier alpha value is -2.70. The van der Waals surface area contributed by atoms with Gasteiger partial charge in [-0.2, -0.15) is 4.98 Å². The zero-order valence-electron chi connectivity index (χ0n) is 19.3. The number of rotatable bonds is 8. The molecular weight excluding hydrogens is 436 g/mol. The Morgan fingerprint density at radius 1 is 1.12 bits per heavy atom. The topological polar surface area (TPSA) is 71.3 Å². The summed E-state index contributed by atoms with van der Waals surface area (Å²) in [4.78, 5) is 19.3. The molecule has 4 rings (SSSR count). The largest absolute Gasteiger partial charge is 0.353 e. The first-order valence-corrected chi connectivity index (χ1v) is 12.0. The third kappa shape index (κ3) is 6.65. The van der Waals surface area contributed by atoms with Crippen LogP contribution < -0.4 is 5.32 Å². The lowest BCUT2D eigenvalue weighted by molar-refractivity contribution is -0.122. The zero-order chi connectivity index (χ0) is 23.2. The number of hydrogen-bond donors (Lipinski definition) is 1. The van der Waals surface area contributed by atoms with Gasteiger partial charge in [0.15, 0.2) is 0 Å². The van der Waals surface area contributed by atoms with Crippen LogP contribution in [0.25, 0.3) is 11.4 Å². The van der Waals surface area contributed by atoms with Crippen LogP contribution >= 0.6 is 11.6 Å². The summed E-state index contributed by atoms with van der Waals surface area (Å²) in [6.07, 6.45) is 2.70. The number of aryl methyl sites for hydroxylation is 1. The molecular formula is C26H31ClN4O2. The van der Waals surface area contributed by atoms with Crippen LogP contribution in [0.1, 0.15) is 56.0 Å². The number of amides is 1. The van der Waals surface area contributed by atoms with E-state index in [0.29, 0.717) is 30.5 Å². The number of nitrogens with zero attached hydrogens (tertiary/aromatic N) is 3. The van der Waals surface area contributed by atoms with Crippen LogP contribution in [-0.4, -0.2) is 40.1 Å². The number of likely N-dealkylation sites (tertiary alicyclic amines) is 1. The first-order chi connectivity index (χ1) is 16.0. The van der Waals surface area contributed by atoms with Crippen molar-refractivity contribution in [3.63, 3.8) is 0 Å². The van der Waals surface area contributed by atoms with Gasteiger partial charge in [-0.15, -0.1) is 0 Å². The molecule has 3 aromatic rings. The normalized spacial score (nSPS) is 15.2. The van der Waals surface area contributed by atoms with Crippen molar-refractivity contribution in [3.8, 4) is 11.4 Å². The van der Waals surface area contributed by atoms with E-state index in [2.05, 4.69) is 58.5 Å². The summed E-state index contributed by atoms with van der Waals surface area (Å²) in [5.74, 6) is 1.57. The molecule has 0 spiro atoms. The van der Waals surface area contributed by atoms with Crippen LogP contribution in [0.5, 0.6) is 0 Å². The molecule has 0 saturated carbocycles. The van der Waals surface area contributed by atoms with E-state index in [0.717, 1.165) is 43.1 Å². The quantitative estimate of drug-likeness (QED) is 0.492. The molecule has 0 aliphatic carbocycles. The molecule has 6 nitrogen and oxygen atoms in total. The summed E-state index contributed by atoms with van der Waals surface area (Å²) >= 11 is 5.96. The first-order valence-electron chi connectivity index (χ1n) is 11.7. The first kappa shape index (κ1) is 23.5. The third-order valence-electron chi connectivity index (χ3n) is 6.14. The number of carbonyl (C=O) groups excluding carboxylic acids is 1. The van der Waals surface area contributed by atoms with Gasteiger partial charge >= 0.3 is 0 Å². The van der Waals surface area contributed by atoms with Crippen LogP contribution in [-0.2, 0) is 17.8 Å². The molecule has 0 atom stereocenters. The van der Waals surface area contributed by atoms with Crippen LogP contribution in [0.3, 0.4) is 0 Å². The number of carbonyl (C=O) groups is 1. The molecule has 33 heavy (non-hydrogen) atoms. The molecule has 0 radical (unpaired) electrons. The van der Waals surface area contributed by atoms with Gasteiger partial charge in [-0.3, -0.25) is 9.69 Å². The number of nitrogens with one attached hydrogen (secondary N) is 1. The Kier molecular flexibility index (Phi) is 7.78. The Balaban J connectivity index is 1.19. The molecule has 1 fully saturated rings. The minimum absolute atomic E-state index is 0.0344. The molecule has 0 unspecified atom stereocenters. The van der Waals surface area contributed by atoms with E-state index in [4.69, 9.17) is 16.1 Å². The van der Waals surface area contributed by atoms with Crippen molar-refractivity contribution in [2.45, 2.75) is 58.0 Å². The third-order valence-corrected chi connectivity index (χ3v) is 6.39. The standard InChI is InChI=1S/C26H31ClN4O2/c1-18(2)20-5-7-21(8-6-20)26-29-25(33-30-26)12-11-24(32)28-23-13-15-31(16-14-23)17-19-3-9-22(27)10-4-19/h3-10,18,23H,11-17H2,1-2H3,(H,28,32). The van der Waals surface area contributed by atoms with Crippen LogP contribution in [0.15, 0.2) is 53.1 Å². The SMILES string of the molecule is CC(C)c1ccc(-c2noc(CCC(=O)NC3CCN(Cc4ccc(Cl)cc4)CC3)n2)cc1. The second-order valence-corrected chi connectivity index (χ2v) is 9.47. The Labute approximate surface area is 200 Å². The highest BCUT2D eigenvalue weighted by atomic mass is 35.5. The summed E-state index contributed by atoms with van der Waals surface area (Å²) < 4.78 is 5.36. The van der Waals surface area contributed by atoms with E-state index in [1.165, 1.54) is 11.1 Å². The molecule has 1 N–H and O–H groups in total. The van der Waals surface area contributed by atoms with Crippen molar-refractivity contribution >= 4 is 17.5 Å². The Morgan fingerprint density at radius 3 is 2.48 bits per heavy atom. The summed E-state index contributed by atoms with van der Waals surface area (Å²) in [7, 11) is 0. The van der Waals surface area contributed by atoms with Gasteiger partial charge < -0.3 is 9.84 Å². The number of piperidine rings is 1. The van der Waals surface area contributed by atoms with Crippen molar-refractivity contribution in [1.29, 1.82) is 0 Å². The maximum Gasteiger partial charge on any atom is 0.227 e. The Morgan fingerprint density at radius 2 is 1.82 bits per heavy atom. The predicted octanol–water partition coefficient (Wildman–Crippen LogP) is 5.23. The fourth-order valence-corrected chi connectivity index (χ4v) is 4.22. The average molecular weight is 467 g/mol. The maximum absolute atomic E-state index is 12.4. The van der Waals surface area contributed by atoms with Gasteiger partial charge in [-0.1, -0.05) is 67.0 Å². The molecule has 174 valence electrons. The second-order valence-electron chi connectivity index (χ2n) is 9.03. The van der Waals surface area contributed by atoms with Gasteiger partial charge in [-0.05, 0) is 42.0 Å². The van der Waals surface area contributed by atoms with E-state index >= 15 is 0 Å². The van der Waals surface area contributed by atoms with Crippen molar-refractivity contribution in [2.24, 2.45) is 0 Å². The highest BCUT2D eigenvalue weighted by Crippen LogP contribution is 2.21. The van der Waals surface area contributed by atoms with E-state index in [-0.39, 0.29) is 11.9 Å². The molecule has 1 saturated heterocycles. The monoisotopic (exact) mass is 466 g/mol. The van der Waals surface area contributed by atoms with E-state index in [9.17, 15) is 4.79 Å². The minimum Gasteiger partial charge on any atom is -0.353 e.